The standard InChI is InChI=1S/C20H20FN3O3S/c21-15-7-9-17(10-8-15)28(26,27)24-11-3-6-19(24)20(25)22-13-16-12-14-4-1-2-5-18(14)23-16/h1-2,4-5,7-10,12,19,23H,3,6,11,13H2,(H,22,25). The fourth-order valence-corrected chi connectivity index (χ4v) is 5.22. The third kappa shape index (κ3) is 3.53. The van der Waals surface area contributed by atoms with Crippen molar-refractivity contribution in [1.82, 2.24) is 14.6 Å². The van der Waals surface area contributed by atoms with Crippen molar-refractivity contribution in [3.05, 3.63) is 66.1 Å². The average Bonchev–Trinajstić information content (AvgIpc) is 3.33. The highest BCUT2D eigenvalue weighted by molar-refractivity contribution is 7.89. The van der Waals surface area contributed by atoms with Crippen LogP contribution in [-0.2, 0) is 21.4 Å². The monoisotopic (exact) mass is 401 g/mol. The number of amides is 1. The van der Waals surface area contributed by atoms with Gasteiger partial charge in [-0.3, -0.25) is 4.79 Å². The van der Waals surface area contributed by atoms with E-state index in [9.17, 15) is 17.6 Å². The van der Waals surface area contributed by atoms with Crippen molar-refractivity contribution in [1.29, 1.82) is 0 Å². The largest absolute Gasteiger partial charge is 0.357 e. The zero-order valence-corrected chi connectivity index (χ0v) is 15.9. The summed E-state index contributed by atoms with van der Waals surface area (Å²) < 4.78 is 40.1. The third-order valence-electron chi connectivity index (χ3n) is 4.97. The summed E-state index contributed by atoms with van der Waals surface area (Å²) in [5.74, 6) is -0.838. The lowest BCUT2D eigenvalue weighted by molar-refractivity contribution is -0.124. The van der Waals surface area contributed by atoms with Crippen molar-refractivity contribution in [2.45, 2.75) is 30.3 Å². The Hall–Kier alpha value is -2.71. The molecule has 2 heterocycles. The SMILES string of the molecule is O=C(NCc1cc2ccccc2[nH]1)C1CCCN1S(=O)(=O)c1ccc(F)cc1. The Morgan fingerprint density at radius 2 is 1.93 bits per heavy atom. The topological polar surface area (TPSA) is 82.3 Å². The second-order valence-corrected chi connectivity index (χ2v) is 8.72. The van der Waals surface area contributed by atoms with E-state index in [1.54, 1.807) is 0 Å². The minimum absolute atomic E-state index is 0.00998. The molecule has 1 fully saturated rings. The van der Waals surface area contributed by atoms with Gasteiger partial charge in [-0.25, -0.2) is 12.8 Å². The molecular weight excluding hydrogens is 381 g/mol. The maximum atomic E-state index is 13.1. The van der Waals surface area contributed by atoms with E-state index in [1.165, 1.54) is 16.4 Å². The van der Waals surface area contributed by atoms with Gasteiger partial charge >= 0.3 is 0 Å². The summed E-state index contributed by atoms with van der Waals surface area (Å²) in [6, 6.07) is 13.6. The normalized spacial score (nSPS) is 17.8. The number of para-hydroxylation sites is 1. The summed E-state index contributed by atoms with van der Waals surface area (Å²) in [6.07, 6.45) is 1.06. The number of aromatic amines is 1. The number of halogens is 1. The number of aromatic nitrogens is 1. The van der Waals surface area contributed by atoms with E-state index in [-0.39, 0.29) is 23.9 Å². The van der Waals surface area contributed by atoms with Crippen LogP contribution in [0.3, 0.4) is 0 Å². The van der Waals surface area contributed by atoms with Crippen molar-refractivity contribution >= 4 is 26.8 Å². The van der Waals surface area contributed by atoms with Crippen LogP contribution in [0.15, 0.2) is 59.5 Å². The molecule has 1 unspecified atom stereocenters. The van der Waals surface area contributed by atoms with Gasteiger partial charge in [0, 0.05) is 17.8 Å². The van der Waals surface area contributed by atoms with Crippen molar-refractivity contribution in [2.24, 2.45) is 0 Å². The smallest absolute Gasteiger partial charge is 0.243 e. The van der Waals surface area contributed by atoms with Crippen LogP contribution in [0, 0.1) is 5.82 Å². The van der Waals surface area contributed by atoms with Crippen LogP contribution in [0.2, 0.25) is 0 Å². The van der Waals surface area contributed by atoms with Crippen LogP contribution in [-0.4, -0.2) is 36.2 Å². The summed E-state index contributed by atoms with van der Waals surface area (Å²) in [6.45, 7) is 0.554. The number of carbonyl (C=O) groups is 1. The van der Waals surface area contributed by atoms with Crippen molar-refractivity contribution in [3.63, 3.8) is 0 Å². The predicted molar refractivity (Wildman–Crippen MR) is 103 cm³/mol. The number of fused-ring (bicyclic) bond motifs is 1. The van der Waals surface area contributed by atoms with E-state index < -0.39 is 21.9 Å². The molecule has 1 aromatic heterocycles. The molecule has 0 aliphatic carbocycles. The molecule has 8 heteroatoms. The number of benzene rings is 2. The van der Waals surface area contributed by atoms with E-state index in [2.05, 4.69) is 10.3 Å². The van der Waals surface area contributed by atoms with Gasteiger partial charge < -0.3 is 10.3 Å². The zero-order valence-electron chi connectivity index (χ0n) is 15.1. The first-order valence-corrected chi connectivity index (χ1v) is 10.5. The van der Waals surface area contributed by atoms with Gasteiger partial charge in [-0.05, 0) is 54.6 Å². The number of H-pyrrole nitrogens is 1. The molecule has 2 N–H and O–H groups in total. The molecule has 0 bridgehead atoms. The Labute approximate surface area is 162 Å². The second-order valence-electron chi connectivity index (χ2n) is 6.83. The summed E-state index contributed by atoms with van der Waals surface area (Å²) in [4.78, 5) is 15.9. The summed E-state index contributed by atoms with van der Waals surface area (Å²) in [7, 11) is -3.86. The lowest BCUT2D eigenvalue weighted by Crippen LogP contribution is -2.45. The molecule has 0 spiro atoms. The highest BCUT2D eigenvalue weighted by Gasteiger charge is 2.39. The molecule has 0 radical (unpaired) electrons. The van der Waals surface area contributed by atoms with Crippen molar-refractivity contribution in [3.8, 4) is 0 Å². The Morgan fingerprint density at radius 3 is 2.68 bits per heavy atom. The average molecular weight is 401 g/mol. The predicted octanol–water partition coefficient (Wildman–Crippen LogP) is 2.78. The van der Waals surface area contributed by atoms with E-state index in [4.69, 9.17) is 0 Å². The van der Waals surface area contributed by atoms with E-state index in [0.717, 1.165) is 28.7 Å². The molecule has 3 aromatic rings. The lowest BCUT2D eigenvalue weighted by atomic mass is 10.2. The number of sulfonamides is 1. The van der Waals surface area contributed by atoms with Gasteiger partial charge in [-0.2, -0.15) is 4.31 Å². The Morgan fingerprint density at radius 1 is 1.18 bits per heavy atom. The van der Waals surface area contributed by atoms with Crippen molar-refractivity contribution in [2.75, 3.05) is 6.54 Å². The van der Waals surface area contributed by atoms with Gasteiger partial charge in [-0.15, -0.1) is 0 Å². The van der Waals surface area contributed by atoms with Crippen LogP contribution in [0.25, 0.3) is 10.9 Å². The summed E-state index contributed by atoms with van der Waals surface area (Å²) in [5, 5.41) is 3.88. The quantitative estimate of drug-likeness (QED) is 0.690. The molecule has 1 amide bonds. The molecule has 1 saturated heterocycles. The first-order chi connectivity index (χ1) is 13.4. The van der Waals surface area contributed by atoms with Crippen LogP contribution in [0.5, 0.6) is 0 Å². The molecule has 146 valence electrons. The summed E-state index contributed by atoms with van der Waals surface area (Å²) in [5.41, 5.74) is 1.83. The van der Waals surface area contributed by atoms with Crippen molar-refractivity contribution < 1.29 is 17.6 Å². The van der Waals surface area contributed by atoms with E-state index in [0.29, 0.717) is 12.8 Å². The van der Waals surface area contributed by atoms with Gasteiger partial charge in [0.2, 0.25) is 15.9 Å². The Balaban J connectivity index is 1.47. The molecule has 1 atom stereocenters. The van der Waals surface area contributed by atoms with Crippen LogP contribution < -0.4 is 5.32 Å². The molecule has 0 saturated carbocycles. The van der Waals surface area contributed by atoms with Gasteiger partial charge in [-0.1, -0.05) is 18.2 Å². The number of hydrogen-bond donors (Lipinski definition) is 2. The number of hydrogen-bond acceptors (Lipinski definition) is 3. The number of rotatable bonds is 5. The first-order valence-electron chi connectivity index (χ1n) is 9.07. The highest BCUT2D eigenvalue weighted by atomic mass is 32.2. The molecule has 6 nitrogen and oxygen atoms in total. The van der Waals surface area contributed by atoms with Gasteiger partial charge in [0.15, 0.2) is 0 Å². The molecule has 2 aromatic carbocycles. The van der Waals surface area contributed by atoms with Gasteiger partial charge in [0.25, 0.3) is 0 Å². The fourth-order valence-electron chi connectivity index (χ4n) is 3.56. The van der Waals surface area contributed by atoms with Crippen LogP contribution in [0.4, 0.5) is 4.39 Å². The van der Waals surface area contributed by atoms with E-state index in [1.807, 2.05) is 30.3 Å². The van der Waals surface area contributed by atoms with Crippen LogP contribution in [0.1, 0.15) is 18.5 Å². The maximum Gasteiger partial charge on any atom is 0.243 e. The molecule has 1 aliphatic heterocycles. The van der Waals surface area contributed by atoms with E-state index >= 15 is 0 Å². The summed E-state index contributed by atoms with van der Waals surface area (Å²) >= 11 is 0. The third-order valence-corrected chi connectivity index (χ3v) is 6.89. The number of nitrogens with one attached hydrogen (secondary N) is 2. The number of nitrogens with zero attached hydrogens (tertiary/aromatic N) is 1. The highest BCUT2D eigenvalue weighted by Crippen LogP contribution is 2.26. The molecule has 1 aliphatic rings. The van der Waals surface area contributed by atoms with Crippen LogP contribution >= 0.6 is 0 Å². The molecule has 28 heavy (non-hydrogen) atoms. The molecular formula is C20H20FN3O3S. The molecule has 4 rings (SSSR count). The minimum Gasteiger partial charge on any atom is -0.357 e. The minimum atomic E-state index is -3.86. The zero-order chi connectivity index (χ0) is 19.7. The maximum absolute atomic E-state index is 13.1. The lowest BCUT2D eigenvalue weighted by Gasteiger charge is -2.23. The Bertz CT molecular complexity index is 1080. The Kier molecular flexibility index (Phi) is 4.91. The second kappa shape index (κ2) is 7.37. The van der Waals surface area contributed by atoms with Gasteiger partial charge in [0.1, 0.15) is 11.9 Å². The first kappa shape index (κ1) is 18.6. The fraction of sp³-hybridized carbons (Fsp3) is 0.250. The van der Waals surface area contributed by atoms with Gasteiger partial charge in [0.05, 0.1) is 11.4 Å². The number of carbonyl (C=O) groups excluding carboxylic acids is 1.